The van der Waals surface area contributed by atoms with E-state index in [0.717, 1.165) is 11.1 Å². The van der Waals surface area contributed by atoms with Gasteiger partial charge in [-0.3, -0.25) is 0 Å². The summed E-state index contributed by atoms with van der Waals surface area (Å²) in [4.78, 5) is 14.6. The molecule has 0 radical (unpaired) electrons. The molecule has 0 fully saturated rings. The number of hydrogen-bond donors (Lipinski definition) is 0. The minimum absolute atomic E-state index is 0.0166. The largest absolute Gasteiger partial charge is 0.445 e. The van der Waals surface area contributed by atoms with Gasteiger partial charge in [0.15, 0.2) is 0 Å². The number of nitrogens with zero attached hydrogens (tertiary/aromatic N) is 1. The van der Waals surface area contributed by atoms with Crippen molar-refractivity contribution in [2.24, 2.45) is 4.99 Å². The molecule has 0 aliphatic heterocycles. The Bertz CT molecular complexity index is 709. The molecule has 0 saturated heterocycles. The van der Waals surface area contributed by atoms with Gasteiger partial charge < -0.3 is 4.74 Å². The monoisotopic (exact) mass is 280 g/mol. The summed E-state index contributed by atoms with van der Waals surface area (Å²) in [6.45, 7) is 0.237. The number of rotatable bonds is 2. The van der Waals surface area contributed by atoms with Gasteiger partial charge >= 0.3 is 6.09 Å². The van der Waals surface area contributed by atoms with Crippen molar-refractivity contribution in [1.82, 2.24) is 0 Å². The third-order valence-corrected chi connectivity index (χ3v) is 3.50. The molecule has 0 bridgehead atoms. The zero-order valence-corrected chi connectivity index (χ0v) is 11.3. The van der Waals surface area contributed by atoms with E-state index in [-0.39, 0.29) is 12.5 Å². The third kappa shape index (κ3) is 2.13. The van der Waals surface area contributed by atoms with Crippen LogP contribution in [0, 0.1) is 6.08 Å². The molecule has 0 aromatic heterocycles. The number of hydrogen-bond acceptors (Lipinski definition) is 3. The number of isothiocyanates is 1. The van der Waals surface area contributed by atoms with Gasteiger partial charge in [-0.1, -0.05) is 24.3 Å². The minimum Gasteiger partial charge on any atom is -0.445 e. The van der Waals surface area contributed by atoms with Crippen molar-refractivity contribution in [3.8, 4) is 0 Å². The lowest BCUT2D eigenvalue weighted by Crippen LogP contribution is -2.10. The van der Waals surface area contributed by atoms with Crippen molar-refractivity contribution in [3.63, 3.8) is 0 Å². The van der Waals surface area contributed by atoms with Gasteiger partial charge in [-0.25, -0.2) is 4.79 Å². The number of aliphatic imine (C=N–C) groups is 1. The Labute approximate surface area is 122 Å². The minimum atomic E-state index is -0.703. The Balaban J connectivity index is 1.92. The van der Waals surface area contributed by atoms with Crippen molar-refractivity contribution in [2.75, 3.05) is 6.61 Å². The van der Waals surface area contributed by atoms with Crippen LogP contribution in [0.4, 0.5) is 4.79 Å². The number of thiocarbonyl (C=S) groups is 1. The summed E-state index contributed by atoms with van der Waals surface area (Å²) in [7, 11) is 0. The first-order valence-corrected chi connectivity index (χ1v) is 6.56. The molecule has 4 heteroatoms. The third-order valence-electron chi connectivity index (χ3n) is 3.41. The predicted octanol–water partition coefficient (Wildman–Crippen LogP) is 3.71. The molecule has 1 amide bonds. The molecule has 0 saturated carbocycles. The molecule has 0 spiro atoms. The first-order chi connectivity index (χ1) is 9.81. The molecule has 2 aliphatic rings. The predicted molar refractivity (Wildman–Crippen MR) is 79.4 cm³/mol. The van der Waals surface area contributed by atoms with E-state index < -0.39 is 6.09 Å². The van der Waals surface area contributed by atoms with E-state index in [1.54, 1.807) is 0 Å². The number of fused-ring (bicyclic) bond motifs is 2. The van der Waals surface area contributed by atoms with Crippen LogP contribution in [0.15, 0.2) is 53.1 Å². The zero-order valence-electron chi connectivity index (χ0n) is 10.5. The molecule has 20 heavy (non-hydrogen) atoms. The molecule has 0 N–H and O–H groups in total. The van der Waals surface area contributed by atoms with Crippen LogP contribution >= 0.6 is 12.2 Å². The summed E-state index contributed by atoms with van der Waals surface area (Å²) in [6.07, 6.45) is 8.24. The number of ether oxygens (including phenoxy) is 1. The van der Waals surface area contributed by atoms with Crippen LogP contribution in [0.1, 0.15) is 17.0 Å². The van der Waals surface area contributed by atoms with Gasteiger partial charge in [0.1, 0.15) is 18.8 Å². The highest BCUT2D eigenvalue weighted by Gasteiger charge is 2.36. The second-order valence-corrected chi connectivity index (χ2v) is 4.62. The highest BCUT2D eigenvalue weighted by atomic mass is 32.1. The molecular formula is C16H10NO2S+. The highest BCUT2D eigenvalue weighted by molar-refractivity contribution is 7.78. The van der Waals surface area contributed by atoms with Crippen molar-refractivity contribution in [1.29, 1.82) is 0 Å². The fraction of sp³-hybridized carbons (Fsp3) is 0.125. The maximum atomic E-state index is 11.3. The van der Waals surface area contributed by atoms with Crippen LogP contribution in [0.3, 0.4) is 0 Å². The number of amides is 1. The van der Waals surface area contributed by atoms with Crippen molar-refractivity contribution >= 4 is 29.0 Å². The van der Waals surface area contributed by atoms with Crippen molar-refractivity contribution < 1.29 is 9.53 Å². The van der Waals surface area contributed by atoms with Gasteiger partial charge in [0.05, 0.1) is 28.3 Å². The molecule has 3 nitrogen and oxygen atoms in total. The van der Waals surface area contributed by atoms with E-state index in [2.05, 4.69) is 35.4 Å². The average Bonchev–Trinajstić information content (AvgIpc) is 2.80. The average molecular weight is 280 g/mol. The van der Waals surface area contributed by atoms with Crippen LogP contribution in [0.2, 0.25) is 0 Å². The van der Waals surface area contributed by atoms with Crippen molar-refractivity contribution in [3.05, 3.63) is 65.3 Å². The summed E-state index contributed by atoms with van der Waals surface area (Å²) >= 11 is 4.38. The fourth-order valence-electron chi connectivity index (χ4n) is 2.59. The summed E-state index contributed by atoms with van der Waals surface area (Å²) in [5.74, 6) is 0.0166. The van der Waals surface area contributed by atoms with Crippen LogP contribution < -0.4 is 0 Å². The van der Waals surface area contributed by atoms with E-state index in [1.807, 2.05) is 35.5 Å². The Kier molecular flexibility index (Phi) is 3.36. The maximum Gasteiger partial charge on any atom is 0.442 e. The molecule has 2 aliphatic carbocycles. The van der Waals surface area contributed by atoms with E-state index in [4.69, 9.17) is 4.74 Å². The Morgan fingerprint density at radius 1 is 1.45 bits per heavy atom. The highest BCUT2D eigenvalue weighted by Crippen LogP contribution is 2.44. The Morgan fingerprint density at radius 3 is 3.15 bits per heavy atom. The topological polar surface area (TPSA) is 38.7 Å². The summed E-state index contributed by atoms with van der Waals surface area (Å²) < 4.78 is 5.13. The van der Waals surface area contributed by atoms with E-state index >= 15 is 0 Å². The van der Waals surface area contributed by atoms with Crippen molar-refractivity contribution in [2.45, 2.75) is 5.92 Å². The van der Waals surface area contributed by atoms with Gasteiger partial charge in [-0.05, 0) is 17.8 Å². The second kappa shape index (κ2) is 5.32. The molecule has 1 aromatic carbocycles. The van der Waals surface area contributed by atoms with E-state index in [0.29, 0.717) is 0 Å². The lowest BCUT2D eigenvalue weighted by atomic mass is 9.95. The Hall–Kier alpha value is -2.38. The van der Waals surface area contributed by atoms with Gasteiger partial charge in [0, 0.05) is 11.6 Å². The van der Waals surface area contributed by atoms with Gasteiger partial charge in [-0.15, -0.1) is 4.99 Å². The first-order valence-electron chi connectivity index (χ1n) is 6.15. The molecule has 0 heterocycles. The van der Waals surface area contributed by atoms with E-state index in [1.165, 1.54) is 11.1 Å². The molecule has 3 rings (SSSR count). The SMILES string of the molecule is O=C(N=C=S)OCC1C2=C(C=C[C+]=C2)c2ccccc21. The Morgan fingerprint density at radius 2 is 2.30 bits per heavy atom. The van der Waals surface area contributed by atoms with Crippen LogP contribution in [-0.2, 0) is 4.74 Å². The molecular weight excluding hydrogens is 270 g/mol. The molecule has 1 atom stereocenters. The zero-order chi connectivity index (χ0) is 13.9. The molecule has 1 aromatic rings. The lowest BCUT2D eigenvalue weighted by molar-refractivity contribution is 0.154. The smallest absolute Gasteiger partial charge is 0.442 e. The number of carbonyl (C=O) groups is 1. The fourth-order valence-corrected chi connectivity index (χ4v) is 2.67. The van der Waals surface area contributed by atoms with E-state index in [9.17, 15) is 4.79 Å². The number of allylic oxidation sites excluding steroid dienone is 5. The second-order valence-electron chi connectivity index (χ2n) is 4.43. The normalized spacial score (nSPS) is 17.9. The summed E-state index contributed by atoms with van der Waals surface area (Å²) in [6, 6.07) is 8.12. The standard InChI is InChI=1S/C16H10NO2S/c18-16(17-10-20)19-9-15-13-7-3-1-5-11(13)12-6-2-4-8-14(12)15/h1-3,5-8,15H,9H2/q+1. The van der Waals surface area contributed by atoms with Gasteiger partial charge in [-0.2, -0.15) is 0 Å². The maximum absolute atomic E-state index is 11.3. The lowest BCUT2D eigenvalue weighted by Gasteiger charge is -2.10. The summed E-state index contributed by atoms with van der Waals surface area (Å²) in [5, 5.41) is 2.01. The van der Waals surface area contributed by atoms with Crippen LogP contribution in [0.5, 0.6) is 0 Å². The first kappa shape index (κ1) is 12.6. The number of benzene rings is 1. The molecule has 1 unspecified atom stereocenters. The summed E-state index contributed by atoms with van der Waals surface area (Å²) in [5.41, 5.74) is 4.61. The number of carbonyl (C=O) groups excluding carboxylic acids is 1. The van der Waals surface area contributed by atoms with Crippen LogP contribution in [0.25, 0.3) is 5.57 Å². The quantitative estimate of drug-likeness (QED) is 0.471. The van der Waals surface area contributed by atoms with Gasteiger partial charge in [0.25, 0.3) is 0 Å². The van der Waals surface area contributed by atoms with Gasteiger partial charge in [0.2, 0.25) is 0 Å². The van der Waals surface area contributed by atoms with Crippen LogP contribution in [-0.4, -0.2) is 17.9 Å². The molecule has 96 valence electrons.